The molecule has 1 aliphatic rings. The molecule has 1 atom stereocenters. The highest BCUT2D eigenvalue weighted by Crippen LogP contribution is 2.15. The molecule has 0 bridgehead atoms. The largest absolute Gasteiger partial charge is 0.465 e. The molecule has 0 spiro atoms. The summed E-state index contributed by atoms with van der Waals surface area (Å²) in [4.78, 5) is 11.5. The van der Waals surface area contributed by atoms with Crippen LogP contribution in [0.3, 0.4) is 0 Å². The summed E-state index contributed by atoms with van der Waals surface area (Å²) in [5.74, 6) is 0.538. The molecule has 0 amide bonds. The van der Waals surface area contributed by atoms with Crippen molar-refractivity contribution in [2.24, 2.45) is 5.92 Å². The van der Waals surface area contributed by atoms with Gasteiger partial charge < -0.3 is 4.74 Å². The van der Waals surface area contributed by atoms with Crippen LogP contribution < -0.4 is 0 Å². The molecule has 18 heavy (non-hydrogen) atoms. The summed E-state index contributed by atoms with van der Waals surface area (Å²) in [6.07, 6.45) is 14.8. The van der Waals surface area contributed by atoms with Gasteiger partial charge in [-0.25, -0.2) is 0 Å². The number of carbonyl (C=O) groups excluding carboxylic acids is 1. The molecular weight excluding hydrogens is 224 g/mol. The van der Waals surface area contributed by atoms with Crippen molar-refractivity contribution in [3.8, 4) is 0 Å². The number of hydrogen-bond acceptors (Lipinski definition) is 2. The van der Waals surface area contributed by atoms with Crippen LogP contribution >= 0.6 is 0 Å². The molecule has 0 aromatic heterocycles. The van der Waals surface area contributed by atoms with Gasteiger partial charge in [-0.15, -0.1) is 0 Å². The molecule has 1 unspecified atom stereocenters. The van der Waals surface area contributed by atoms with Crippen molar-refractivity contribution in [1.29, 1.82) is 0 Å². The molecular formula is C16H30O2. The van der Waals surface area contributed by atoms with Crippen molar-refractivity contribution >= 4 is 5.97 Å². The smallest absolute Gasteiger partial charge is 0.305 e. The lowest BCUT2D eigenvalue weighted by Crippen LogP contribution is -2.11. The highest BCUT2D eigenvalue weighted by Gasteiger charge is 2.07. The van der Waals surface area contributed by atoms with Crippen LogP contribution in [0.5, 0.6) is 0 Å². The van der Waals surface area contributed by atoms with Crippen LogP contribution in [0.15, 0.2) is 0 Å². The van der Waals surface area contributed by atoms with E-state index in [4.69, 9.17) is 4.74 Å². The molecule has 0 aliphatic carbocycles. The molecule has 1 fully saturated rings. The Morgan fingerprint density at radius 2 is 1.33 bits per heavy atom. The normalized spacial score (nSPS) is 26.5. The lowest BCUT2D eigenvalue weighted by molar-refractivity contribution is -0.145. The van der Waals surface area contributed by atoms with E-state index in [9.17, 15) is 4.79 Å². The van der Waals surface area contributed by atoms with E-state index in [0.717, 1.165) is 6.42 Å². The van der Waals surface area contributed by atoms with Crippen LogP contribution in [0, 0.1) is 5.92 Å². The van der Waals surface area contributed by atoms with E-state index in [0.29, 0.717) is 18.9 Å². The quantitative estimate of drug-likeness (QED) is 0.577. The number of rotatable bonds is 0. The second kappa shape index (κ2) is 10.4. The first-order chi connectivity index (χ1) is 8.79. The molecule has 1 saturated heterocycles. The van der Waals surface area contributed by atoms with Crippen LogP contribution in [0.4, 0.5) is 0 Å². The van der Waals surface area contributed by atoms with Gasteiger partial charge in [0.1, 0.15) is 0 Å². The van der Waals surface area contributed by atoms with Crippen LogP contribution in [-0.4, -0.2) is 12.6 Å². The van der Waals surface area contributed by atoms with Crippen molar-refractivity contribution in [3.05, 3.63) is 0 Å². The molecule has 1 heterocycles. The first-order valence-electron chi connectivity index (χ1n) is 7.94. The third kappa shape index (κ3) is 8.54. The fourth-order valence-corrected chi connectivity index (χ4v) is 2.57. The number of carbonyl (C=O) groups is 1. The van der Waals surface area contributed by atoms with Crippen LogP contribution in [0.2, 0.25) is 0 Å². The van der Waals surface area contributed by atoms with Crippen LogP contribution in [-0.2, 0) is 9.53 Å². The third-order valence-electron chi connectivity index (χ3n) is 3.86. The topological polar surface area (TPSA) is 26.3 Å². The Bertz CT molecular complexity index is 213. The summed E-state index contributed by atoms with van der Waals surface area (Å²) >= 11 is 0. The summed E-state index contributed by atoms with van der Waals surface area (Å²) < 4.78 is 5.32. The number of esters is 1. The van der Waals surface area contributed by atoms with Crippen molar-refractivity contribution in [2.75, 3.05) is 6.61 Å². The average Bonchev–Trinajstić information content (AvgIpc) is 2.36. The molecule has 106 valence electrons. The van der Waals surface area contributed by atoms with E-state index in [-0.39, 0.29) is 5.97 Å². The molecule has 2 nitrogen and oxygen atoms in total. The Morgan fingerprint density at radius 3 is 1.94 bits per heavy atom. The van der Waals surface area contributed by atoms with Gasteiger partial charge in [-0.1, -0.05) is 64.7 Å². The van der Waals surface area contributed by atoms with Crippen molar-refractivity contribution in [3.63, 3.8) is 0 Å². The maximum absolute atomic E-state index is 11.5. The predicted octanol–water partition coefficient (Wildman–Crippen LogP) is 4.86. The minimum Gasteiger partial charge on any atom is -0.465 e. The van der Waals surface area contributed by atoms with Crippen molar-refractivity contribution in [1.82, 2.24) is 0 Å². The van der Waals surface area contributed by atoms with Crippen LogP contribution in [0.1, 0.15) is 84.0 Å². The summed E-state index contributed by atoms with van der Waals surface area (Å²) in [5.41, 5.74) is 0. The summed E-state index contributed by atoms with van der Waals surface area (Å²) in [6, 6.07) is 0. The van der Waals surface area contributed by atoms with E-state index in [1.165, 1.54) is 64.2 Å². The zero-order valence-corrected chi connectivity index (χ0v) is 12.1. The van der Waals surface area contributed by atoms with Gasteiger partial charge in [-0.3, -0.25) is 4.79 Å². The number of hydrogen-bond donors (Lipinski definition) is 0. The Kier molecular flexibility index (Phi) is 8.97. The van der Waals surface area contributed by atoms with E-state index in [1.54, 1.807) is 0 Å². The molecule has 0 saturated carbocycles. The van der Waals surface area contributed by atoms with E-state index in [2.05, 4.69) is 6.92 Å². The minimum atomic E-state index is 0.00828. The van der Waals surface area contributed by atoms with Crippen molar-refractivity contribution < 1.29 is 9.53 Å². The molecule has 0 radical (unpaired) electrons. The average molecular weight is 254 g/mol. The Hall–Kier alpha value is -0.530. The first-order valence-corrected chi connectivity index (χ1v) is 7.94. The molecule has 0 aromatic carbocycles. The number of cyclic esters (lactones) is 1. The maximum atomic E-state index is 11.5. The molecule has 2 heteroatoms. The van der Waals surface area contributed by atoms with Crippen LogP contribution in [0.25, 0.3) is 0 Å². The zero-order chi connectivity index (χ0) is 13.1. The monoisotopic (exact) mass is 254 g/mol. The van der Waals surface area contributed by atoms with Gasteiger partial charge in [0.25, 0.3) is 0 Å². The van der Waals surface area contributed by atoms with Gasteiger partial charge in [-0.2, -0.15) is 0 Å². The maximum Gasteiger partial charge on any atom is 0.305 e. The lowest BCUT2D eigenvalue weighted by Gasteiger charge is -2.12. The lowest BCUT2D eigenvalue weighted by atomic mass is 10.0. The first kappa shape index (κ1) is 15.5. The fraction of sp³-hybridized carbons (Fsp3) is 0.938. The minimum absolute atomic E-state index is 0.00828. The highest BCUT2D eigenvalue weighted by molar-refractivity contribution is 5.69. The molecule has 0 N–H and O–H groups in total. The van der Waals surface area contributed by atoms with Gasteiger partial charge in [0, 0.05) is 6.42 Å². The van der Waals surface area contributed by atoms with Gasteiger partial charge in [0.2, 0.25) is 0 Å². The summed E-state index contributed by atoms with van der Waals surface area (Å²) in [6.45, 7) is 2.81. The predicted molar refractivity (Wildman–Crippen MR) is 75.5 cm³/mol. The van der Waals surface area contributed by atoms with Gasteiger partial charge in [0.05, 0.1) is 6.61 Å². The standard InChI is InChI=1S/C16H30O2/c1-15-12-10-8-6-4-2-3-5-7-9-11-13-16(17)18-14-15/h15H,2-14H2,1H3. The SMILES string of the molecule is CC1CCCCCCCCCCCCC(=O)OC1. The van der Waals surface area contributed by atoms with Crippen molar-refractivity contribution in [2.45, 2.75) is 84.0 Å². The van der Waals surface area contributed by atoms with Gasteiger partial charge in [-0.05, 0) is 18.8 Å². The second-order valence-electron chi connectivity index (χ2n) is 5.86. The highest BCUT2D eigenvalue weighted by atomic mass is 16.5. The summed E-state index contributed by atoms with van der Waals surface area (Å²) in [7, 11) is 0. The van der Waals surface area contributed by atoms with E-state index < -0.39 is 0 Å². The summed E-state index contributed by atoms with van der Waals surface area (Å²) in [5, 5.41) is 0. The van der Waals surface area contributed by atoms with Gasteiger partial charge >= 0.3 is 5.97 Å². The molecule has 0 aromatic rings. The Balaban J connectivity index is 2.21. The Labute approximate surface area is 112 Å². The third-order valence-corrected chi connectivity index (χ3v) is 3.86. The van der Waals surface area contributed by atoms with E-state index >= 15 is 0 Å². The zero-order valence-electron chi connectivity index (χ0n) is 12.1. The molecule has 1 rings (SSSR count). The van der Waals surface area contributed by atoms with E-state index in [1.807, 2.05) is 0 Å². The van der Waals surface area contributed by atoms with Gasteiger partial charge in [0.15, 0.2) is 0 Å². The Morgan fingerprint density at radius 1 is 0.833 bits per heavy atom. The second-order valence-corrected chi connectivity index (χ2v) is 5.86. The fourth-order valence-electron chi connectivity index (χ4n) is 2.57. The molecule has 1 aliphatic heterocycles. The number of ether oxygens (including phenoxy) is 1.